The van der Waals surface area contributed by atoms with Gasteiger partial charge in [-0.15, -0.1) is 0 Å². The van der Waals surface area contributed by atoms with Crippen molar-refractivity contribution in [3.8, 4) is 0 Å². The van der Waals surface area contributed by atoms with Crippen molar-refractivity contribution in [2.24, 2.45) is 16.8 Å². The highest BCUT2D eigenvalue weighted by Gasteiger charge is 2.29. The fourth-order valence-corrected chi connectivity index (χ4v) is 4.23. The Labute approximate surface area is 170 Å². The molecule has 0 bridgehead atoms. The van der Waals surface area contributed by atoms with Crippen LogP contribution in [0.25, 0.3) is 0 Å². The Kier molecular flexibility index (Phi) is 8.16. The molecule has 0 radical (unpaired) electrons. The lowest BCUT2D eigenvalue weighted by atomic mass is 9.89. The van der Waals surface area contributed by atoms with E-state index >= 15 is 0 Å². The van der Waals surface area contributed by atoms with Crippen LogP contribution in [-0.4, -0.2) is 56.9 Å². The molecule has 1 N–H and O–H groups in total. The minimum Gasteiger partial charge on any atom is -0.381 e. The minimum atomic E-state index is 0.158. The standard InChI is InChI=1S/C23H37N3O2/c1-4-24-23(26-13-12-19(16-26)17-27-5-2)25-15-21-7-6-14-28-22(21)20-10-8-18(3)9-11-20/h8-11,19,21-22H,4-7,12-17H2,1-3H3,(H,24,25). The van der Waals surface area contributed by atoms with Crippen LogP contribution in [0.3, 0.4) is 0 Å². The number of aliphatic imine (C=N–C) groups is 1. The van der Waals surface area contributed by atoms with Gasteiger partial charge in [0.15, 0.2) is 5.96 Å². The Bertz CT molecular complexity index is 617. The summed E-state index contributed by atoms with van der Waals surface area (Å²) in [7, 11) is 0. The molecule has 0 aliphatic carbocycles. The molecule has 2 heterocycles. The summed E-state index contributed by atoms with van der Waals surface area (Å²) in [5, 5.41) is 3.50. The monoisotopic (exact) mass is 387 g/mol. The molecule has 0 saturated carbocycles. The third kappa shape index (κ3) is 5.71. The van der Waals surface area contributed by atoms with E-state index in [-0.39, 0.29) is 6.10 Å². The first-order chi connectivity index (χ1) is 13.7. The zero-order chi connectivity index (χ0) is 19.8. The van der Waals surface area contributed by atoms with Gasteiger partial charge in [0.25, 0.3) is 0 Å². The Morgan fingerprint density at radius 1 is 1.25 bits per heavy atom. The average molecular weight is 388 g/mol. The Morgan fingerprint density at radius 3 is 2.82 bits per heavy atom. The molecule has 5 heteroatoms. The Hall–Kier alpha value is -1.59. The van der Waals surface area contributed by atoms with Gasteiger partial charge in [-0.1, -0.05) is 29.8 Å². The number of ether oxygens (including phenoxy) is 2. The number of hydrogen-bond donors (Lipinski definition) is 1. The molecule has 3 rings (SSSR count). The van der Waals surface area contributed by atoms with Gasteiger partial charge < -0.3 is 19.7 Å². The molecular weight excluding hydrogens is 350 g/mol. The highest BCUT2D eigenvalue weighted by atomic mass is 16.5. The van der Waals surface area contributed by atoms with Crippen LogP contribution in [0.15, 0.2) is 29.3 Å². The zero-order valence-corrected chi connectivity index (χ0v) is 17.8. The van der Waals surface area contributed by atoms with E-state index in [1.807, 2.05) is 0 Å². The van der Waals surface area contributed by atoms with E-state index in [1.54, 1.807) is 0 Å². The maximum Gasteiger partial charge on any atom is 0.193 e. The van der Waals surface area contributed by atoms with Crippen molar-refractivity contribution in [3.05, 3.63) is 35.4 Å². The summed E-state index contributed by atoms with van der Waals surface area (Å²) in [6.45, 7) is 12.7. The van der Waals surface area contributed by atoms with Crippen molar-refractivity contribution in [2.75, 3.05) is 46.0 Å². The fraction of sp³-hybridized carbons (Fsp3) is 0.696. The molecule has 0 aromatic heterocycles. The van der Waals surface area contributed by atoms with Crippen LogP contribution in [0.2, 0.25) is 0 Å². The summed E-state index contributed by atoms with van der Waals surface area (Å²) < 4.78 is 11.8. The maximum atomic E-state index is 6.18. The minimum absolute atomic E-state index is 0.158. The number of likely N-dealkylation sites (tertiary alicyclic amines) is 1. The summed E-state index contributed by atoms with van der Waals surface area (Å²) in [5.74, 6) is 2.10. The van der Waals surface area contributed by atoms with Gasteiger partial charge in [0.1, 0.15) is 0 Å². The molecule has 1 aromatic rings. The van der Waals surface area contributed by atoms with Gasteiger partial charge in [-0.2, -0.15) is 0 Å². The van der Waals surface area contributed by atoms with Crippen LogP contribution in [0.4, 0.5) is 0 Å². The van der Waals surface area contributed by atoms with Gasteiger partial charge in [0.2, 0.25) is 0 Å². The van der Waals surface area contributed by atoms with Crippen molar-refractivity contribution in [3.63, 3.8) is 0 Å². The van der Waals surface area contributed by atoms with Gasteiger partial charge in [0.05, 0.1) is 12.7 Å². The quantitative estimate of drug-likeness (QED) is 0.571. The molecular formula is C23H37N3O2. The molecule has 2 saturated heterocycles. The molecule has 5 nitrogen and oxygen atoms in total. The second-order valence-corrected chi connectivity index (χ2v) is 8.06. The first kappa shape index (κ1) is 21.1. The smallest absolute Gasteiger partial charge is 0.193 e. The largest absolute Gasteiger partial charge is 0.381 e. The van der Waals surface area contributed by atoms with Crippen molar-refractivity contribution in [1.29, 1.82) is 0 Å². The summed E-state index contributed by atoms with van der Waals surface area (Å²) >= 11 is 0. The molecule has 156 valence electrons. The van der Waals surface area contributed by atoms with E-state index in [0.29, 0.717) is 11.8 Å². The van der Waals surface area contributed by atoms with E-state index in [0.717, 1.165) is 58.4 Å². The number of nitrogens with one attached hydrogen (secondary N) is 1. The molecule has 28 heavy (non-hydrogen) atoms. The average Bonchev–Trinajstić information content (AvgIpc) is 3.19. The molecule has 3 unspecified atom stereocenters. The van der Waals surface area contributed by atoms with Crippen molar-refractivity contribution < 1.29 is 9.47 Å². The zero-order valence-electron chi connectivity index (χ0n) is 17.8. The van der Waals surface area contributed by atoms with E-state index in [1.165, 1.54) is 24.0 Å². The third-order valence-electron chi connectivity index (χ3n) is 5.80. The maximum absolute atomic E-state index is 6.18. The van der Waals surface area contributed by atoms with Crippen molar-refractivity contribution in [2.45, 2.75) is 46.1 Å². The van der Waals surface area contributed by atoms with Crippen LogP contribution in [-0.2, 0) is 9.47 Å². The van der Waals surface area contributed by atoms with E-state index in [2.05, 4.69) is 55.3 Å². The van der Waals surface area contributed by atoms with E-state index < -0.39 is 0 Å². The summed E-state index contributed by atoms with van der Waals surface area (Å²) in [4.78, 5) is 7.44. The van der Waals surface area contributed by atoms with Crippen LogP contribution in [0.1, 0.15) is 50.3 Å². The van der Waals surface area contributed by atoms with E-state index in [4.69, 9.17) is 14.5 Å². The van der Waals surface area contributed by atoms with Gasteiger partial charge in [-0.05, 0) is 45.6 Å². The highest BCUT2D eigenvalue weighted by Crippen LogP contribution is 2.34. The number of rotatable bonds is 7. The Balaban J connectivity index is 1.64. The number of hydrogen-bond acceptors (Lipinski definition) is 3. The number of aryl methyl sites for hydroxylation is 1. The van der Waals surface area contributed by atoms with Crippen LogP contribution < -0.4 is 5.32 Å². The third-order valence-corrected chi connectivity index (χ3v) is 5.80. The fourth-order valence-electron chi connectivity index (χ4n) is 4.23. The lowest BCUT2D eigenvalue weighted by Gasteiger charge is -2.32. The summed E-state index contributed by atoms with van der Waals surface area (Å²) in [6.07, 6.45) is 3.64. The second-order valence-electron chi connectivity index (χ2n) is 8.06. The van der Waals surface area contributed by atoms with Gasteiger partial charge in [0, 0.05) is 51.2 Å². The number of benzene rings is 1. The van der Waals surface area contributed by atoms with Gasteiger partial charge in [-0.25, -0.2) is 0 Å². The first-order valence-electron chi connectivity index (χ1n) is 11.0. The van der Waals surface area contributed by atoms with E-state index in [9.17, 15) is 0 Å². The molecule has 2 aliphatic heterocycles. The Morgan fingerprint density at radius 2 is 2.07 bits per heavy atom. The molecule has 3 atom stereocenters. The number of guanidine groups is 1. The highest BCUT2D eigenvalue weighted by molar-refractivity contribution is 5.80. The van der Waals surface area contributed by atoms with Gasteiger partial charge >= 0.3 is 0 Å². The SMILES string of the molecule is CCNC(=NCC1CCCOC1c1ccc(C)cc1)N1CCC(COCC)C1. The second kappa shape index (κ2) is 10.8. The molecule has 0 amide bonds. The summed E-state index contributed by atoms with van der Waals surface area (Å²) in [5.41, 5.74) is 2.58. The number of nitrogens with zero attached hydrogens (tertiary/aromatic N) is 2. The van der Waals surface area contributed by atoms with Gasteiger partial charge in [-0.3, -0.25) is 4.99 Å². The van der Waals surface area contributed by atoms with Crippen molar-refractivity contribution >= 4 is 5.96 Å². The molecule has 0 spiro atoms. The predicted octanol–water partition coefficient (Wildman–Crippen LogP) is 3.79. The van der Waals surface area contributed by atoms with Crippen LogP contribution in [0, 0.1) is 18.8 Å². The van der Waals surface area contributed by atoms with Crippen LogP contribution >= 0.6 is 0 Å². The topological polar surface area (TPSA) is 46.1 Å². The summed E-state index contributed by atoms with van der Waals surface area (Å²) in [6, 6.07) is 8.79. The lowest BCUT2D eigenvalue weighted by molar-refractivity contribution is -0.0250. The predicted molar refractivity (Wildman–Crippen MR) is 115 cm³/mol. The molecule has 2 fully saturated rings. The molecule has 1 aromatic carbocycles. The first-order valence-corrected chi connectivity index (χ1v) is 11.0. The van der Waals surface area contributed by atoms with Crippen LogP contribution in [0.5, 0.6) is 0 Å². The lowest BCUT2D eigenvalue weighted by Crippen LogP contribution is -2.41. The normalized spacial score (nSPS) is 25.9. The van der Waals surface area contributed by atoms with Crippen molar-refractivity contribution in [1.82, 2.24) is 10.2 Å². The molecule has 2 aliphatic rings.